The highest BCUT2D eigenvalue weighted by Crippen LogP contribution is 2.31. The molecule has 6 nitrogen and oxygen atoms in total. The molecule has 34 heavy (non-hydrogen) atoms. The summed E-state index contributed by atoms with van der Waals surface area (Å²) in [6.45, 7) is 5.41. The molecule has 0 aliphatic rings. The molecule has 3 aromatic rings. The van der Waals surface area contributed by atoms with Crippen molar-refractivity contribution in [3.63, 3.8) is 0 Å². The third-order valence-electron chi connectivity index (χ3n) is 4.88. The minimum atomic E-state index is -4.60. The van der Waals surface area contributed by atoms with Crippen molar-refractivity contribution in [3.05, 3.63) is 83.4 Å². The summed E-state index contributed by atoms with van der Waals surface area (Å²) in [5.74, 6) is 0.146. The predicted molar refractivity (Wildman–Crippen MR) is 123 cm³/mol. The van der Waals surface area contributed by atoms with Gasteiger partial charge in [0, 0.05) is 11.4 Å². The largest absolute Gasteiger partial charge is 0.481 e. The van der Waals surface area contributed by atoms with Crippen LogP contribution in [0.25, 0.3) is 0 Å². The number of hydrogen-bond donors (Lipinski definition) is 2. The Morgan fingerprint density at radius 1 is 0.941 bits per heavy atom. The third kappa shape index (κ3) is 6.28. The van der Waals surface area contributed by atoms with Crippen LogP contribution < -0.4 is 14.8 Å². The van der Waals surface area contributed by atoms with E-state index in [1.54, 1.807) is 13.0 Å². The standard InChI is InChI=1S/C24H23F3N2O4S/c1-15-7-12-22(16(2)13-15)33-17(3)23(30)28-19-8-10-21(11-9-19)34(31,32)29-20-6-4-5-18(14-20)24(25,26)27/h4-14,17,29H,1-3H3,(H,28,30)/t17-/m1/s1. The number of benzene rings is 3. The Morgan fingerprint density at radius 2 is 1.62 bits per heavy atom. The van der Waals surface area contributed by atoms with Gasteiger partial charge in [0.1, 0.15) is 5.75 Å². The summed E-state index contributed by atoms with van der Waals surface area (Å²) in [7, 11) is -4.14. The Morgan fingerprint density at radius 3 is 2.24 bits per heavy atom. The van der Waals surface area contributed by atoms with Crippen molar-refractivity contribution in [1.82, 2.24) is 0 Å². The topological polar surface area (TPSA) is 84.5 Å². The molecular weight excluding hydrogens is 469 g/mol. The molecule has 0 aliphatic carbocycles. The molecule has 0 aromatic heterocycles. The zero-order valence-electron chi connectivity index (χ0n) is 18.6. The molecule has 0 aliphatic heterocycles. The number of ether oxygens (including phenoxy) is 1. The maximum absolute atomic E-state index is 12.9. The Kier molecular flexibility index (Phi) is 7.21. The van der Waals surface area contributed by atoms with E-state index in [0.717, 1.165) is 23.3 Å². The van der Waals surface area contributed by atoms with Crippen LogP contribution in [-0.4, -0.2) is 20.4 Å². The van der Waals surface area contributed by atoms with Gasteiger partial charge in [-0.2, -0.15) is 13.2 Å². The van der Waals surface area contributed by atoms with Crippen molar-refractivity contribution in [1.29, 1.82) is 0 Å². The van der Waals surface area contributed by atoms with E-state index in [9.17, 15) is 26.4 Å². The Labute approximate surface area is 195 Å². The summed E-state index contributed by atoms with van der Waals surface area (Å²) in [6, 6.07) is 14.7. The molecule has 0 bridgehead atoms. The lowest BCUT2D eigenvalue weighted by Gasteiger charge is -2.17. The van der Waals surface area contributed by atoms with E-state index in [1.807, 2.05) is 26.0 Å². The highest BCUT2D eigenvalue weighted by atomic mass is 32.2. The van der Waals surface area contributed by atoms with E-state index in [4.69, 9.17) is 4.74 Å². The van der Waals surface area contributed by atoms with Crippen LogP contribution in [0, 0.1) is 13.8 Å². The fourth-order valence-electron chi connectivity index (χ4n) is 3.11. The Bertz CT molecular complexity index is 1290. The van der Waals surface area contributed by atoms with Gasteiger partial charge in [-0.05, 0) is 74.9 Å². The summed E-state index contributed by atoms with van der Waals surface area (Å²) in [6.07, 6.45) is -5.41. The van der Waals surface area contributed by atoms with Crippen molar-refractivity contribution in [2.45, 2.75) is 37.9 Å². The fourth-order valence-corrected chi connectivity index (χ4v) is 4.16. The first kappa shape index (κ1) is 25.1. The van der Waals surface area contributed by atoms with Crippen LogP contribution in [0.1, 0.15) is 23.6 Å². The van der Waals surface area contributed by atoms with Gasteiger partial charge in [-0.1, -0.05) is 23.8 Å². The molecule has 3 aromatic carbocycles. The predicted octanol–water partition coefficient (Wildman–Crippen LogP) is 5.53. The van der Waals surface area contributed by atoms with Gasteiger partial charge in [0.05, 0.1) is 10.5 Å². The molecule has 0 heterocycles. The molecule has 0 unspecified atom stereocenters. The number of carbonyl (C=O) groups is 1. The highest BCUT2D eigenvalue weighted by Gasteiger charge is 2.30. The lowest BCUT2D eigenvalue weighted by molar-refractivity contribution is -0.137. The van der Waals surface area contributed by atoms with Gasteiger partial charge in [0.2, 0.25) is 0 Å². The number of anilines is 2. The molecule has 0 fully saturated rings. The van der Waals surface area contributed by atoms with Gasteiger partial charge in [0.15, 0.2) is 6.10 Å². The Hall–Kier alpha value is -3.53. The number of halogens is 3. The Balaban J connectivity index is 1.66. The summed E-state index contributed by atoms with van der Waals surface area (Å²) in [4.78, 5) is 12.3. The zero-order chi connectivity index (χ0) is 25.1. The molecule has 0 saturated carbocycles. The molecule has 1 atom stereocenters. The molecule has 2 N–H and O–H groups in total. The van der Waals surface area contributed by atoms with Crippen LogP contribution in [0.5, 0.6) is 5.75 Å². The summed E-state index contributed by atoms with van der Waals surface area (Å²) in [5, 5.41) is 2.64. The lowest BCUT2D eigenvalue weighted by atomic mass is 10.1. The quantitative estimate of drug-likeness (QED) is 0.454. The number of sulfonamides is 1. The van der Waals surface area contributed by atoms with Gasteiger partial charge < -0.3 is 10.1 Å². The van der Waals surface area contributed by atoms with Crippen molar-refractivity contribution < 1.29 is 31.1 Å². The third-order valence-corrected chi connectivity index (χ3v) is 6.27. The second kappa shape index (κ2) is 9.76. The van der Waals surface area contributed by atoms with Crippen molar-refractivity contribution in [2.75, 3.05) is 10.0 Å². The van der Waals surface area contributed by atoms with E-state index >= 15 is 0 Å². The van der Waals surface area contributed by atoms with E-state index in [-0.39, 0.29) is 10.6 Å². The second-order valence-corrected chi connectivity index (χ2v) is 9.41. The smallest absolute Gasteiger partial charge is 0.416 e. The molecule has 3 rings (SSSR count). The second-order valence-electron chi connectivity index (χ2n) is 7.73. The van der Waals surface area contributed by atoms with E-state index in [0.29, 0.717) is 17.5 Å². The normalized spacial score (nSPS) is 12.6. The number of alkyl halides is 3. The van der Waals surface area contributed by atoms with Crippen LogP contribution >= 0.6 is 0 Å². The number of rotatable bonds is 7. The molecule has 0 saturated heterocycles. The van der Waals surface area contributed by atoms with Gasteiger partial charge in [-0.3, -0.25) is 9.52 Å². The van der Waals surface area contributed by atoms with Crippen LogP contribution in [0.4, 0.5) is 24.5 Å². The molecule has 180 valence electrons. The molecule has 0 radical (unpaired) electrons. The number of aryl methyl sites for hydroxylation is 2. The van der Waals surface area contributed by atoms with Gasteiger partial charge >= 0.3 is 6.18 Å². The van der Waals surface area contributed by atoms with Crippen molar-refractivity contribution >= 4 is 27.3 Å². The van der Waals surface area contributed by atoms with Crippen LogP contribution in [-0.2, 0) is 21.0 Å². The lowest BCUT2D eigenvalue weighted by Crippen LogP contribution is -2.30. The van der Waals surface area contributed by atoms with Crippen molar-refractivity contribution in [2.24, 2.45) is 0 Å². The van der Waals surface area contributed by atoms with Crippen LogP contribution in [0.3, 0.4) is 0 Å². The highest BCUT2D eigenvalue weighted by molar-refractivity contribution is 7.92. The van der Waals surface area contributed by atoms with Gasteiger partial charge in [0.25, 0.3) is 15.9 Å². The molecule has 0 spiro atoms. The molecular formula is C24H23F3N2O4S. The van der Waals surface area contributed by atoms with Crippen LogP contribution in [0.15, 0.2) is 71.6 Å². The molecule has 10 heteroatoms. The first-order chi connectivity index (χ1) is 15.8. The SMILES string of the molecule is Cc1ccc(O[C@H](C)C(=O)Nc2ccc(S(=O)(=O)Nc3cccc(C(F)(F)F)c3)cc2)c(C)c1. The van der Waals surface area contributed by atoms with Crippen LogP contribution in [0.2, 0.25) is 0 Å². The summed E-state index contributed by atoms with van der Waals surface area (Å²) in [5.41, 5.74) is 1.11. The maximum atomic E-state index is 12.9. The number of carbonyl (C=O) groups excluding carboxylic acids is 1. The summed E-state index contributed by atoms with van der Waals surface area (Å²) >= 11 is 0. The zero-order valence-corrected chi connectivity index (χ0v) is 19.4. The van der Waals surface area contributed by atoms with E-state index in [1.165, 1.54) is 30.3 Å². The minimum Gasteiger partial charge on any atom is -0.481 e. The van der Waals surface area contributed by atoms with Crippen molar-refractivity contribution in [3.8, 4) is 5.75 Å². The first-order valence-electron chi connectivity index (χ1n) is 10.2. The summed E-state index contributed by atoms with van der Waals surface area (Å²) < 4.78 is 71.6. The van der Waals surface area contributed by atoms with Gasteiger partial charge in [-0.25, -0.2) is 8.42 Å². The average Bonchev–Trinajstić information content (AvgIpc) is 2.75. The number of nitrogens with one attached hydrogen (secondary N) is 2. The minimum absolute atomic E-state index is 0.178. The first-order valence-corrected chi connectivity index (χ1v) is 11.7. The van der Waals surface area contributed by atoms with E-state index in [2.05, 4.69) is 10.0 Å². The van der Waals surface area contributed by atoms with E-state index < -0.39 is 33.8 Å². The van der Waals surface area contributed by atoms with Gasteiger partial charge in [-0.15, -0.1) is 0 Å². The number of amides is 1. The number of hydrogen-bond acceptors (Lipinski definition) is 4. The average molecular weight is 493 g/mol. The maximum Gasteiger partial charge on any atom is 0.416 e. The fraction of sp³-hybridized carbons (Fsp3) is 0.208. The monoisotopic (exact) mass is 492 g/mol. The molecule has 1 amide bonds.